The van der Waals surface area contributed by atoms with Crippen LogP contribution in [0.3, 0.4) is 0 Å². The summed E-state index contributed by atoms with van der Waals surface area (Å²) < 4.78 is 6.21. The zero-order chi connectivity index (χ0) is 13.3. The second-order valence-electron chi connectivity index (χ2n) is 5.79. The van der Waals surface area contributed by atoms with E-state index in [4.69, 9.17) is 9.57 Å². The number of hydrogen-bond donors (Lipinski definition) is 0. The number of nitrogens with zero attached hydrogens (tertiary/aromatic N) is 2. The van der Waals surface area contributed by atoms with Crippen molar-refractivity contribution in [1.29, 1.82) is 0 Å². The first-order valence-corrected chi connectivity index (χ1v) is 7.00. The van der Waals surface area contributed by atoms with Gasteiger partial charge in [0.15, 0.2) is 0 Å². The Balaban J connectivity index is 1.83. The molecule has 2 heterocycles. The van der Waals surface area contributed by atoms with Gasteiger partial charge in [0.1, 0.15) is 16.3 Å². The Labute approximate surface area is 116 Å². The first-order chi connectivity index (χ1) is 8.35. The molecule has 0 spiro atoms. The van der Waals surface area contributed by atoms with Crippen molar-refractivity contribution in [1.82, 2.24) is 4.90 Å². The Morgan fingerprint density at radius 1 is 1.56 bits per heavy atom. The molecule has 0 aromatic heterocycles. The third-order valence-electron chi connectivity index (χ3n) is 3.06. The number of halogens is 1. The highest BCUT2D eigenvalue weighted by atomic mass is 79.9. The van der Waals surface area contributed by atoms with Gasteiger partial charge in [-0.3, -0.25) is 0 Å². The molecule has 5 nitrogen and oxygen atoms in total. The van der Waals surface area contributed by atoms with E-state index in [9.17, 15) is 4.79 Å². The van der Waals surface area contributed by atoms with Crippen LogP contribution in [0, 0.1) is 5.92 Å². The molecule has 2 rings (SSSR count). The molecule has 0 N–H and O–H groups in total. The van der Waals surface area contributed by atoms with Gasteiger partial charge >= 0.3 is 6.09 Å². The van der Waals surface area contributed by atoms with E-state index in [-0.39, 0.29) is 12.2 Å². The van der Waals surface area contributed by atoms with Crippen LogP contribution in [-0.2, 0) is 9.57 Å². The summed E-state index contributed by atoms with van der Waals surface area (Å²) in [5, 5.41) is 3.89. The maximum absolute atomic E-state index is 11.9. The molecule has 1 saturated heterocycles. The van der Waals surface area contributed by atoms with Crippen molar-refractivity contribution in [2.45, 2.75) is 45.3 Å². The van der Waals surface area contributed by atoms with E-state index in [0.717, 1.165) is 24.0 Å². The van der Waals surface area contributed by atoms with E-state index in [1.165, 1.54) is 0 Å². The molecule has 18 heavy (non-hydrogen) atoms. The number of ether oxygens (including phenoxy) is 1. The minimum absolute atomic E-state index is 0.0896. The van der Waals surface area contributed by atoms with E-state index in [1.54, 1.807) is 4.90 Å². The smallest absolute Gasteiger partial charge is 0.410 e. The highest BCUT2D eigenvalue weighted by Crippen LogP contribution is 2.29. The fourth-order valence-corrected chi connectivity index (χ4v) is 2.60. The molecule has 0 aromatic rings. The summed E-state index contributed by atoms with van der Waals surface area (Å²) >= 11 is 3.33. The molecule has 0 aliphatic carbocycles. The third-order valence-corrected chi connectivity index (χ3v) is 3.53. The third kappa shape index (κ3) is 3.37. The highest BCUT2D eigenvalue weighted by Gasteiger charge is 2.37. The highest BCUT2D eigenvalue weighted by molar-refractivity contribution is 9.18. The monoisotopic (exact) mass is 318 g/mol. The molecule has 102 valence electrons. The van der Waals surface area contributed by atoms with Crippen molar-refractivity contribution >= 4 is 26.6 Å². The quantitative estimate of drug-likeness (QED) is 0.747. The normalized spacial score (nSPS) is 28.0. The summed E-state index contributed by atoms with van der Waals surface area (Å²) in [6.07, 6.45) is 1.60. The predicted octanol–water partition coefficient (Wildman–Crippen LogP) is 2.74. The topological polar surface area (TPSA) is 51.1 Å². The fourth-order valence-electron chi connectivity index (χ4n) is 2.20. The average Bonchev–Trinajstić information content (AvgIpc) is 2.82. The summed E-state index contributed by atoms with van der Waals surface area (Å²) in [6, 6.07) is 0. The number of hydrogen-bond acceptors (Lipinski definition) is 4. The minimum Gasteiger partial charge on any atom is -0.444 e. The van der Waals surface area contributed by atoms with Crippen molar-refractivity contribution in [3.63, 3.8) is 0 Å². The minimum atomic E-state index is -0.439. The molecule has 0 radical (unpaired) electrons. The van der Waals surface area contributed by atoms with Gasteiger partial charge < -0.3 is 14.5 Å². The van der Waals surface area contributed by atoms with Crippen LogP contribution in [0.25, 0.3) is 0 Å². The largest absolute Gasteiger partial charge is 0.444 e. The Bertz CT molecular complexity index is 365. The van der Waals surface area contributed by atoms with Crippen LogP contribution in [0.15, 0.2) is 5.16 Å². The first kappa shape index (κ1) is 13.6. The predicted molar refractivity (Wildman–Crippen MR) is 71.8 cm³/mol. The van der Waals surface area contributed by atoms with Crippen LogP contribution in [0.4, 0.5) is 4.79 Å². The van der Waals surface area contributed by atoms with Crippen molar-refractivity contribution in [3.8, 4) is 0 Å². The zero-order valence-corrected chi connectivity index (χ0v) is 12.6. The van der Waals surface area contributed by atoms with Gasteiger partial charge in [0.2, 0.25) is 0 Å². The lowest BCUT2D eigenvalue weighted by Gasteiger charge is -2.24. The van der Waals surface area contributed by atoms with Gasteiger partial charge in [-0.15, -0.1) is 0 Å². The lowest BCUT2D eigenvalue weighted by molar-refractivity contribution is 0.0219. The first-order valence-electron chi connectivity index (χ1n) is 6.21. The summed E-state index contributed by atoms with van der Waals surface area (Å²) in [4.78, 5) is 19.0. The molecule has 0 bridgehead atoms. The maximum Gasteiger partial charge on any atom is 0.410 e. The number of carbonyl (C=O) groups excluding carboxylic acids is 1. The Kier molecular flexibility index (Phi) is 3.84. The maximum atomic E-state index is 11.9. The molecular formula is C12H19BrN2O3. The van der Waals surface area contributed by atoms with E-state index < -0.39 is 5.60 Å². The van der Waals surface area contributed by atoms with Gasteiger partial charge in [0.25, 0.3) is 0 Å². The van der Waals surface area contributed by atoms with Crippen LogP contribution >= 0.6 is 15.9 Å². The molecule has 0 unspecified atom stereocenters. The van der Waals surface area contributed by atoms with Crippen LogP contribution in [0.5, 0.6) is 0 Å². The number of amides is 1. The second kappa shape index (κ2) is 5.07. The Hall–Kier alpha value is -0.780. The van der Waals surface area contributed by atoms with Gasteiger partial charge in [0.05, 0.1) is 0 Å². The van der Waals surface area contributed by atoms with E-state index >= 15 is 0 Å². The van der Waals surface area contributed by atoms with Gasteiger partial charge in [-0.05, 0) is 43.1 Å². The molecular weight excluding hydrogens is 300 g/mol. The average molecular weight is 319 g/mol. The van der Waals surface area contributed by atoms with E-state index in [2.05, 4.69) is 21.1 Å². The van der Waals surface area contributed by atoms with Gasteiger partial charge in [-0.25, -0.2) is 4.79 Å². The summed E-state index contributed by atoms with van der Waals surface area (Å²) in [7, 11) is 0. The molecule has 6 heteroatoms. The molecule has 2 aliphatic heterocycles. The molecule has 1 fully saturated rings. The van der Waals surface area contributed by atoms with E-state index in [0.29, 0.717) is 12.5 Å². The summed E-state index contributed by atoms with van der Waals surface area (Å²) in [5.41, 5.74) is -0.439. The Morgan fingerprint density at radius 3 is 2.83 bits per heavy atom. The van der Waals surface area contributed by atoms with Gasteiger partial charge in [0, 0.05) is 25.4 Å². The molecule has 1 amide bonds. The van der Waals surface area contributed by atoms with Crippen molar-refractivity contribution in [2.75, 3.05) is 13.1 Å². The number of rotatable bonds is 1. The van der Waals surface area contributed by atoms with Gasteiger partial charge in [-0.1, -0.05) is 5.16 Å². The van der Waals surface area contributed by atoms with Crippen LogP contribution in [0.1, 0.15) is 33.6 Å². The lowest BCUT2D eigenvalue weighted by atomic mass is 10.00. The molecule has 0 aromatic carbocycles. The summed E-state index contributed by atoms with van der Waals surface area (Å²) in [5.74, 6) is 0.344. The number of oxime groups is 1. The van der Waals surface area contributed by atoms with Crippen molar-refractivity contribution in [3.05, 3.63) is 0 Å². The van der Waals surface area contributed by atoms with Crippen LogP contribution in [-0.4, -0.2) is 40.4 Å². The standard InChI is InChI=1S/C12H19BrN2O3/c1-12(2,3)17-11(16)15-5-4-8(7-15)9-6-10(13)14-18-9/h8-9H,4-7H2,1-3H3/t8-,9+/m1/s1. The zero-order valence-electron chi connectivity index (χ0n) is 11.0. The van der Waals surface area contributed by atoms with Crippen LogP contribution in [0.2, 0.25) is 0 Å². The fraction of sp³-hybridized carbons (Fsp3) is 0.833. The molecule has 0 saturated carbocycles. The lowest BCUT2D eigenvalue weighted by Crippen LogP contribution is -2.36. The molecule has 2 aliphatic rings. The number of likely N-dealkylation sites (tertiary alicyclic amines) is 1. The number of carbonyl (C=O) groups is 1. The van der Waals surface area contributed by atoms with Crippen LogP contribution < -0.4 is 0 Å². The van der Waals surface area contributed by atoms with E-state index in [1.807, 2.05) is 20.8 Å². The Morgan fingerprint density at radius 2 is 2.28 bits per heavy atom. The SMILES string of the molecule is CC(C)(C)OC(=O)N1CC[C@@H]([C@@H]2CC(Br)=NO2)C1. The van der Waals surface area contributed by atoms with Crippen molar-refractivity contribution in [2.24, 2.45) is 11.1 Å². The van der Waals surface area contributed by atoms with Gasteiger partial charge in [-0.2, -0.15) is 0 Å². The summed E-state index contributed by atoms with van der Waals surface area (Å²) in [6.45, 7) is 7.06. The van der Waals surface area contributed by atoms with Crippen molar-refractivity contribution < 1.29 is 14.4 Å². The second-order valence-corrected chi connectivity index (χ2v) is 6.71. The molecule has 2 atom stereocenters.